The van der Waals surface area contributed by atoms with Crippen molar-refractivity contribution in [3.05, 3.63) is 26.5 Å². The number of aromatic amines is 2. The molecule has 0 bridgehead atoms. The Labute approximate surface area is 77.8 Å². The van der Waals surface area contributed by atoms with Crippen LogP contribution in [0.1, 0.15) is 5.69 Å². The number of aliphatic carboxylic acids is 1. The maximum absolute atomic E-state index is 11.1. The average molecular weight is 199 g/mol. The van der Waals surface area contributed by atoms with E-state index in [0.29, 0.717) is 5.69 Å². The Morgan fingerprint density at radius 3 is 2.57 bits per heavy atom. The normalized spacial score (nSPS) is 9.79. The quantitative estimate of drug-likeness (QED) is 0.491. The van der Waals surface area contributed by atoms with Crippen LogP contribution < -0.4 is 16.6 Å². The van der Waals surface area contributed by atoms with Crippen molar-refractivity contribution in [3.63, 3.8) is 0 Å². The van der Waals surface area contributed by atoms with Crippen LogP contribution in [-0.4, -0.2) is 27.6 Å². The Hall–Kier alpha value is -2.05. The second-order valence-electron chi connectivity index (χ2n) is 2.66. The third-order valence-electron chi connectivity index (χ3n) is 1.55. The first kappa shape index (κ1) is 10.0. The van der Waals surface area contributed by atoms with Gasteiger partial charge in [-0.1, -0.05) is 0 Å². The zero-order chi connectivity index (χ0) is 10.7. The minimum atomic E-state index is -1.09. The number of carboxylic acids is 1. The summed E-state index contributed by atoms with van der Waals surface area (Å²) in [7, 11) is 0. The summed E-state index contributed by atoms with van der Waals surface area (Å²) >= 11 is 0. The van der Waals surface area contributed by atoms with Crippen molar-refractivity contribution >= 4 is 11.7 Å². The van der Waals surface area contributed by atoms with Crippen LogP contribution in [0.15, 0.2) is 9.59 Å². The van der Waals surface area contributed by atoms with Crippen LogP contribution in [0.5, 0.6) is 0 Å². The first-order valence-electron chi connectivity index (χ1n) is 3.79. The molecule has 0 radical (unpaired) electrons. The van der Waals surface area contributed by atoms with Crippen molar-refractivity contribution in [2.24, 2.45) is 0 Å². The predicted octanol–water partition coefficient (Wildman–Crippen LogP) is -1.13. The highest BCUT2D eigenvalue weighted by Crippen LogP contribution is 2.00. The monoisotopic (exact) mass is 199 g/mol. The van der Waals surface area contributed by atoms with Gasteiger partial charge in [0.05, 0.1) is 0 Å². The van der Waals surface area contributed by atoms with E-state index < -0.39 is 17.2 Å². The van der Waals surface area contributed by atoms with Crippen molar-refractivity contribution in [1.29, 1.82) is 0 Å². The second-order valence-corrected chi connectivity index (χ2v) is 2.66. The van der Waals surface area contributed by atoms with E-state index in [1.165, 1.54) is 6.92 Å². The minimum Gasteiger partial charge on any atom is -0.480 e. The summed E-state index contributed by atoms with van der Waals surface area (Å²) in [6, 6.07) is 0. The fourth-order valence-electron chi connectivity index (χ4n) is 0.977. The summed E-state index contributed by atoms with van der Waals surface area (Å²) in [5.74, 6) is -1.09. The molecule has 7 heteroatoms. The Kier molecular flexibility index (Phi) is 2.70. The van der Waals surface area contributed by atoms with E-state index >= 15 is 0 Å². The number of aryl methyl sites for hydroxylation is 1. The lowest BCUT2D eigenvalue weighted by Crippen LogP contribution is -2.28. The van der Waals surface area contributed by atoms with E-state index in [-0.39, 0.29) is 12.2 Å². The molecule has 76 valence electrons. The van der Waals surface area contributed by atoms with Crippen LogP contribution in [-0.2, 0) is 4.79 Å². The molecule has 0 unspecified atom stereocenters. The highest BCUT2D eigenvalue weighted by Gasteiger charge is 2.06. The van der Waals surface area contributed by atoms with Gasteiger partial charge >= 0.3 is 11.7 Å². The lowest BCUT2D eigenvalue weighted by molar-refractivity contribution is -0.134. The average Bonchev–Trinajstić information content (AvgIpc) is 2.01. The smallest absolute Gasteiger partial charge is 0.326 e. The number of anilines is 1. The molecule has 0 aromatic carbocycles. The van der Waals surface area contributed by atoms with Crippen LogP contribution in [0.3, 0.4) is 0 Å². The van der Waals surface area contributed by atoms with E-state index in [1.54, 1.807) is 0 Å². The van der Waals surface area contributed by atoms with Crippen LogP contribution in [0.25, 0.3) is 0 Å². The molecule has 1 rings (SSSR count). The number of carbonyl (C=O) groups is 1. The number of hydrogen-bond donors (Lipinski definition) is 4. The third-order valence-corrected chi connectivity index (χ3v) is 1.55. The largest absolute Gasteiger partial charge is 0.480 e. The maximum atomic E-state index is 11.1. The molecule has 0 aliphatic carbocycles. The summed E-state index contributed by atoms with van der Waals surface area (Å²) in [4.78, 5) is 36.4. The lowest BCUT2D eigenvalue weighted by Gasteiger charge is -2.04. The standard InChI is InChI=1S/C7H9N3O4/c1-3-5(8-2-4(11)12)6(13)10-7(14)9-3/h8H,2H2,1H3,(H,11,12)(H2,9,10,13,14). The molecular weight excluding hydrogens is 190 g/mol. The van der Waals surface area contributed by atoms with Crippen molar-refractivity contribution in [3.8, 4) is 0 Å². The van der Waals surface area contributed by atoms with Gasteiger partial charge in [0.1, 0.15) is 12.2 Å². The Morgan fingerprint density at radius 2 is 2.07 bits per heavy atom. The molecule has 1 heterocycles. The van der Waals surface area contributed by atoms with Crippen LogP contribution in [0.2, 0.25) is 0 Å². The topological polar surface area (TPSA) is 115 Å². The molecule has 1 aromatic rings. The molecule has 4 N–H and O–H groups in total. The molecule has 7 nitrogen and oxygen atoms in total. The molecule has 0 fully saturated rings. The van der Waals surface area contributed by atoms with Crippen LogP contribution >= 0.6 is 0 Å². The molecule has 0 aliphatic rings. The summed E-state index contributed by atoms with van der Waals surface area (Å²) in [5, 5.41) is 10.8. The van der Waals surface area contributed by atoms with Gasteiger partial charge in [0.25, 0.3) is 5.56 Å². The van der Waals surface area contributed by atoms with Gasteiger partial charge in [0.2, 0.25) is 0 Å². The highest BCUT2D eigenvalue weighted by atomic mass is 16.4. The third kappa shape index (κ3) is 2.22. The zero-order valence-corrected chi connectivity index (χ0v) is 7.38. The van der Waals surface area contributed by atoms with Gasteiger partial charge < -0.3 is 15.4 Å². The number of rotatable bonds is 3. The van der Waals surface area contributed by atoms with Gasteiger partial charge in [-0.15, -0.1) is 0 Å². The van der Waals surface area contributed by atoms with Gasteiger partial charge in [-0.2, -0.15) is 0 Å². The van der Waals surface area contributed by atoms with Crippen molar-refractivity contribution in [2.45, 2.75) is 6.92 Å². The molecule has 14 heavy (non-hydrogen) atoms. The van der Waals surface area contributed by atoms with Gasteiger partial charge in [0.15, 0.2) is 0 Å². The molecule has 0 saturated carbocycles. The first-order valence-corrected chi connectivity index (χ1v) is 3.79. The van der Waals surface area contributed by atoms with E-state index in [1.807, 2.05) is 4.98 Å². The molecule has 0 aliphatic heterocycles. The number of H-pyrrole nitrogens is 2. The van der Waals surface area contributed by atoms with E-state index in [2.05, 4.69) is 10.3 Å². The second kappa shape index (κ2) is 3.77. The van der Waals surface area contributed by atoms with Crippen molar-refractivity contribution in [2.75, 3.05) is 11.9 Å². The van der Waals surface area contributed by atoms with Gasteiger partial charge in [-0.3, -0.25) is 14.6 Å². The lowest BCUT2D eigenvalue weighted by atomic mass is 10.3. The molecule has 0 spiro atoms. The van der Waals surface area contributed by atoms with Gasteiger partial charge in [-0.05, 0) is 6.92 Å². The highest BCUT2D eigenvalue weighted by molar-refractivity contribution is 5.72. The van der Waals surface area contributed by atoms with Gasteiger partial charge in [-0.25, -0.2) is 4.79 Å². The Bertz CT molecular complexity index is 459. The molecule has 1 aromatic heterocycles. The van der Waals surface area contributed by atoms with Crippen LogP contribution in [0.4, 0.5) is 5.69 Å². The van der Waals surface area contributed by atoms with Crippen LogP contribution in [0, 0.1) is 6.92 Å². The molecule has 0 amide bonds. The number of carboxylic acid groups (broad SMARTS) is 1. The summed E-state index contributed by atoms with van der Waals surface area (Å²) in [6.45, 7) is 1.12. The predicted molar refractivity (Wildman–Crippen MR) is 48.5 cm³/mol. The summed E-state index contributed by atoms with van der Waals surface area (Å²) < 4.78 is 0. The number of aromatic nitrogens is 2. The fourth-order valence-corrected chi connectivity index (χ4v) is 0.977. The Balaban J connectivity index is 3.03. The minimum absolute atomic E-state index is 0.0620. The number of nitrogens with one attached hydrogen (secondary N) is 3. The van der Waals surface area contributed by atoms with Gasteiger partial charge in [0, 0.05) is 5.69 Å². The Morgan fingerprint density at radius 1 is 1.43 bits per heavy atom. The molecular formula is C7H9N3O4. The number of hydrogen-bond acceptors (Lipinski definition) is 4. The SMILES string of the molecule is Cc1[nH]c(=O)[nH]c(=O)c1NCC(=O)O. The van der Waals surface area contributed by atoms with Crippen molar-refractivity contribution < 1.29 is 9.90 Å². The fraction of sp³-hybridized carbons (Fsp3) is 0.286. The van der Waals surface area contributed by atoms with E-state index in [0.717, 1.165) is 0 Å². The first-order chi connectivity index (χ1) is 6.50. The maximum Gasteiger partial charge on any atom is 0.326 e. The summed E-state index contributed by atoms with van der Waals surface area (Å²) in [5.41, 5.74) is -0.882. The summed E-state index contributed by atoms with van der Waals surface area (Å²) in [6.07, 6.45) is 0. The van der Waals surface area contributed by atoms with Crippen molar-refractivity contribution in [1.82, 2.24) is 9.97 Å². The van der Waals surface area contributed by atoms with E-state index in [9.17, 15) is 14.4 Å². The molecule has 0 atom stereocenters. The van der Waals surface area contributed by atoms with E-state index in [4.69, 9.17) is 5.11 Å². The zero-order valence-electron chi connectivity index (χ0n) is 7.38. The molecule has 0 saturated heterocycles.